The highest BCUT2D eigenvalue weighted by atomic mass is 32.2. The number of nitrogens with zero attached hydrogens (tertiary/aromatic N) is 5. The Morgan fingerprint density at radius 3 is 2.28 bits per heavy atom. The topological polar surface area (TPSA) is 131 Å². The zero-order valence-electron chi connectivity index (χ0n) is 24.4. The maximum Gasteiger partial charge on any atom is 0.251 e. The number of aromatic nitrogens is 2. The van der Waals surface area contributed by atoms with E-state index in [9.17, 15) is 22.0 Å². The lowest BCUT2D eigenvalue weighted by molar-refractivity contribution is -0.120. The van der Waals surface area contributed by atoms with Crippen LogP contribution in [0.1, 0.15) is 44.2 Å². The molecular weight excluding hydrogens is 580 g/mol. The van der Waals surface area contributed by atoms with Crippen LogP contribution in [0.25, 0.3) is 0 Å². The van der Waals surface area contributed by atoms with Crippen molar-refractivity contribution in [2.45, 2.75) is 51.4 Å². The number of sulfonamides is 1. The first kappa shape index (κ1) is 29.8. The number of hydrogen-bond donors (Lipinski definition) is 3. The third kappa shape index (κ3) is 6.79. The van der Waals surface area contributed by atoms with Gasteiger partial charge in [-0.25, -0.2) is 22.2 Å². The van der Waals surface area contributed by atoms with Gasteiger partial charge < -0.3 is 25.1 Å². The van der Waals surface area contributed by atoms with Crippen molar-refractivity contribution >= 4 is 44.8 Å². The Balaban J connectivity index is 1.13. The third-order valence-corrected chi connectivity index (χ3v) is 10.5. The van der Waals surface area contributed by atoms with Gasteiger partial charge >= 0.3 is 0 Å². The minimum atomic E-state index is -3.67. The second-order valence-electron chi connectivity index (χ2n) is 12.5. The molecule has 11 nitrogen and oxygen atoms in total. The zero-order chi connectivity index (χ0) is 30.4. The number of carbonyl (C=O) groups is 1. The fourth-order valence-corrected chi connectivity index (χ4v) is 7.05. The van der Waals surface area contributed by atoms with Gasteiger partial charge in [0.1, 0.15) is 5.82 Å². The van der Waals surface area contributed by atoms with Crippen molar-refractivity contribution < 1.29 is 27.1 Å². The average molecular weight is 620 g/mol. The van der Waals surface area contributed by atoms with Gasteiger partial charge in [-0.15, -0.1) is 0 Å². The normalized spacial score (nSPS) is 21.4. The van der Waals surface area contributed by atoms with Crippen LogP contribution in [0.5, 0.6) is 0 Å². The summed E-state index contributed by atoms with van der Waals surface area (Å²) < 4.78 is 54.4. The number of halogens is 2. The molecule has 3 N–H and O–H groups in total. The summed E-state index contributed by atoms with van der Waals surface area (Å²) in [6.45, 7) is 4.40. The molecular formula is C29H39F2N7O4S. The van der Waals surface area contributed by atoms with Crippen LogP contribution >= 0.6 is 0 Å². The van der Waals surface area contributed by atoms with Gasteiger partial charge in [-0.05, 0) is 56.2 Å². The summed E-state index contributed by atoms with van der Waals surface area (Å²) in [6.07, 6.45) is 4.27. The van der Waals surface area contributed by atoms with E-state index in [2.05, 4.69) is 29.8 Å². The van der Waals surface area contributed by atoms with Gasteiger partial charge in [0.25, 0.3) is 5.92 Å². The van der Waals surface area contributed by atoms with Crippen LogP contribution in [0.2, 0.25) is 0 Å². The van der Waals surface area contributed by atoms with Crippen molar-refractivity contribution in [1.29, 1.82) is 0 Å². The molecule has 4 aliphatic rings. The molecule has 234 valence electrons. The first-order chi connectivity index (χ1) is 20.4. The highest BCUT2D eigenvalue weighted by Crippen LogP contribution is 2.54. The van der Waals surface area contributed by atoms with Crippen molar-refractivity contribution in [3.05, 3.63) is 30.0 Å². The maximum atomic E-state index is 13.6. The summed E-state index contributed by atoms with van der Waals surface area (Å²) in [4.78, 5) is 28.2. The predicted octanol–water partition coefficient (Wildman–Crippen LogP) is 3.21. The molecule has 1 amide bonds. The number of benzene rings is 1. The Kier molecular flexibility index (Phi) is 7.86. The molecule has 1 spiro atoms. The summed E-state index contributed by atoms with van der Waals surface area (Å²) in [5, 5.41) is 12.0. The molecule has 0 unspecified atom stereocenters. The molecule has 14 heteroatoms. The van der Waals surface area contributed by atoms with Crippen molar-refractivity contribution in [3.8, 4) is 0 Å². The number of aliphatic hydroxyl groups excluding tert-OH is 1. The lowest BCUT2D eigenvalue weighted by Crippen LogP contribution is -2.52. The van der Waals surface area contributed by atoms with E-state index < -0.39 is 22.6 Å². The van der Waals surface area contributed by atoms with Gasteiger partial charge in [-0.2, -0.15) is 4.98 Å². The molecule has 3 aliphatic heterocycles. The summed E-state index contributed by atoms with van der Waals surface area (Å²) in [5.41, 5.74) is 3.45. The van der Waals surface area contributed by atoms with E-state index in [1.165, 1.54) is 12.8 Å². The van der Waals surface area contributed by atoms with E-state index in [-0.39, 0.29) is 43.5 Å². The Morgan fingerprint density at radius 2 is 1.63 bits per heavy atom. The standard InChI is InChI=1S/C29H39F2N7O4S/c1-20-16-25(34-27(32-20)37-12-8-29(30,31)9-13-37)33-26(40)21-18-38(19-21)23-3-2-22(35-43(41,42)15-14-39)17-24(23)36-10-6-28(4-5-28)7-11-36/h2-3,16-17,21,35,39H,4-15,18-19H2,1H3,(H,32,33,34,40). The molecule has 1 aromatic carbocycles. The molecule has 0 atom stereocenters. The third-order valence-electron chi connectivity index (χ3n) is 9.20. The number of amides is 1. The van der Waals surface area contributed by atoms with E-state index in [1.807, 2.05) is 12.1 Å². The van der Waals surface area contributed by atoms with Crippen LogP contribution in [0.4, 0.5) is 37.6 Å². The number of hydrogen-bond acceptors (Lipinski definition) is 9. The molecule has 4 fully saturated rings. The first-order valence-electron chi connectivity index (χ1n) is 15.0. The molecule has 3 saturated heterocycles. The monoisotopic (exact) mass is 619 g/mol. The molecule has 1 saturated carbocycles. The number of anilines is 5. The van der Waals surface area contributed by atoms with Crippen LogP contribution in [-0.4, -0.2) is 87.0 Å². The number of aryl methyl sites for hydroxylation is 1. The van der Waals surface area contributed by atoms with Crippen LogP contribution < -0.4 is 24.7 Å². The van der Waals surface area contributed by atoms with Crippen LogP contribution in [0, 0.1) is 18.3 Å². The van der Waals surface area contributed by atoms with Crippen molar-refractivity contribution in [2.75, 3.05) is 76.4 Å². The maximum absolute atomic E-state index is 13.6. The Labute approximate surface area is 250 Å². The zero-order valence-corrected chi connectivity index (χ0v) is 25.2. The minimum absolute atomic E-state index is 0.156. The Hall–Kier alpha value is -3.26. The summed E-state index contributed by atoms with van der Waals surface area (Å²) in [6, 6.07) is 7.14. The second-order valence-corrected chi connectivity index (χ2v) is 14.3. The lowest BCUT2D eigenvalue weighted by Gasteiger charge is -2.43. The smallest absolute Gasteiger partial charge is 0.251 e. The van der Waals surface area contributed by atoms with Gasteiger partial charge in [0.15, 0.2) is 0 Å². The van der Waals surface area contributed by atoms with Crippen LogP contribution in [0.15, 0.2) is 24.3 Å². The predicted molar refractivity (Wildman–Crippen MR) is 162 cm³/mol. The highest BCUT2D eigenvalue weighted by molar-refractivity contribution is 7.92. The van der Waals surface area contributed by atoms with Crippen molar-refractivity contribution in [3.63, 3.8) is 0 Å². The van der Waals surface area contributed by atoms with Gasteiger partial charge in [-0.1, -0.05) is 0 Å². The highest BCUT2D eigenvalue weighted by Gasteiger charge is 2.45. The summed E-state index contributed by atoms with van der Waals surface area (Å²) >= 11 is 0. The molecule has 1 aliphatic carbocycles. The Morgan fingerprint density at radius 1 is 0.953 bits per heavy atom. The number of rotatable bonds is 9. The SMILES string of the molecule is Cc1cc(NC(=O)C2CN(c3ccc(NS(=O)(=O)CCO)cc3N3CCC4(CC3)CC4)C2)nc(N2CCC(F)(F)CC2)n1. The number of aliphatic hydroxyl groups is 1. The van der Waals surface area contributed by atoms with E-state index in [1.54, 1.807) is 24.0 Å². The molecule has 0 radical (unpaired) electrons. The van der Waals surface area contributed by atoms with E-state index in [4.69, 9.17) is 5.11 Å². The summed E-state index contributed by atoms with van der Waals surface area (Å²) in [5.74, 6) is -2.80. The van der Waals surface area contributed by atoms with Gasteiger partial charge in [0.2, 0.25) is 21.9 Å². The fraction of sp³-hybridized carbons (Fsp3) is 0.621. The quantitative estimate of drug-likeness (QED) is 0.387. The Bertz CT molecular complexity index is 1460. The molecule has 1 aromatic heterocycles. The van der Waals surface area contributed by atoms with Gasteiger partial charge in [-0.3, -0.25) is 9.52 Å². The molecule has 4 heterocycles. The number of nitrogens with one attached hydrogen (secondary N) is 2. The van der Waals surface area contributed by atoms with Crippen LogP contribution in [-0.2, 0) is 14.8 Å². The molecule has 2 aromatic rings. The van der Waals surface area contributed by atoms with Crippen molar-refractivity contribution in [2.24, 2.45) is 11.3 Å². The van der Waals surface area contributed by atoms with Crippen LogP contribution in [0.3, 0.4) is 0 Å². The largest absolute Gasteiger partial charge is 0.395 e. The molecule has 6 rings (SSSR count). The number of carbonyl (C=O) groups excluding carboxylic acids is 1. The van der Waals surface area contributed by atoms with Crippen molar-refractivity contribution in [1.82, 2.24) is 9.97 Å². The average Bonchev–Trinajstić information content (AvgIpc) is 3.67. The van der Waals surface area contributed by atoms with E-state index in [0.29, 0.717) is 41.7 Å². The lowest BCUT2D eigenvalue weighted by atomic mass is 9.92. The van der Waals surface area contributed by atoms with E-state index in [0.717, 1.165) is 37.3 Å². The number of piperidine rings is 2. The van der Waals surface area contributed by atoms with Gasteiger partial charge in [0, 0.05) is 63.9 Å². The molecule has 43 heavy (non-hydrogen) atoms. The van der Waals surface area contributed by atoms with Gasteiger partial charge in [0.05, 0.1) is 35.3 Å². The minimum Gasteiger partial charge on any atom is -0.395 e. The van der Waals surface area contributed by atoms with E-state index >= 15 is 0 Å². The number of alkyl halides is 2. The molecule has 0 bridgehead atoms. The fourth-order valence-electron chi connectivity index (χ4n) is 6.22. The first-order valence-corrected chi connectivity index (χ1v) is 16.6. The second kappa shape index (κ2) is 11.3. The summed E-state index contributed by atoms with van der Waals surface area (Å²) in [7, 11) is -3.67.